The van der Waals surface area contributed by atoms with Crippen LogP contribution in [-0.4, -0.2) is 56.5 Å². The highest BCUT2D eigenvalue weighted by molar-refractivity contribution is 6.48. The fraction of sp³-hybridized carbons (Fsp3) is 0.632. The van der Waals surface area contributed by atoms with Crippen LogP contribution in [0, 0.1) is 5.82 Å². The van der Waals surface area contributed by atoms with E-state index in [-0.39, 0.29) is 36.4 Å². The molecule has 1 aromatic carbocycles. The van der Waals surface area contributed by atoms with Gasteiger partial charge in [-0.25, -0.2) is 4.39 Å². The van der Waals surface area contributed by atoms with Crippen LogP contribution in [-0.2, 0) is 18.8 Å². The Morgan fingerprint density at radius 1 is 1.30 bits per heavy atom. The van der Waals surface area contributed by atoms with Crippen molar-refractivity contribution in [2.45, 2.75) is 57.3 Å². The largest absolute Gasteiger partial charge is 0.490 e. The summed E-state index contributed by atoms with van der Waals surface area (Å²) in [6.45, 7) is 7.87. The number of methoxy groups -OCH3 is 1. The lowest BCUT2D eigenvalue weighted by molar-refractivity contribution is -0.123. The summed E-state index contributed by atoms with van der Waals surface area (Å²) in [6.07, 6.45) is 0.310. The number of hydrogen-bond donors (Lipinski definition) is 2. The number of rotatable bonds is 9. The van der Waals surface area contributed by atoms with Gasteiger partial charge in [0.25, 0.3) is 0 Å². The van der Waals surface area contributed by atoms with Crippen molar-refractivity contribution >= 4 is 37.0 Å². The summed E-state index contributed by atoms with van der Waals surface area (Å²) >= 11 is 5.76. The molecule has 3 N–H and O–H groups in total. The lowest BCUT2D eigenvalue weighted by atomic mass is 9.76. The Balaban J connectivity index is 0.00000450. The molecular weight excluding hydrogens is 437 g/mol. The van der Waals surface area contributed by atoms with Gasteiger partial charge in [0, 0.05) is 18.6 Å². The average molecular weight is 467 g/mol. The summed E-state index contributed by atoms with van der Waals surface area (Å²) in [5.74, 6) is -1.44. The second-order valence-corrected chi connectivity index (χ2v) is 8.45. The smallest absolute Gasteiger partial charge is 0.481 e. The first-order valence-electron chi connectivity index (χ1n) is 9.45. The molecular formula is C19H30BCl2FN2O5. The van der Waals surface area contributed by atoms with Gasteiger partial charge in [-0.3, -0.25) is 4.79 Å². The third kappa shape index (κ3) is 6.70. The average Bonchev–Trinajstić information content (AvgIpc) is 2.83. The number of nitrogens with one attached hydrogen (secondary N) is 1. The minimum absolute atomic E-state index is 0. The first-order chi connectivity index (χ1) is 13.5. The number of nitrogens with two attached hydrogens (primary N) is 1. The van der Waals surface area contributed by atoms with Crippen LogP contribution in [0.1, 0.15) is 34.1 Å². The highest BCUT2D eigenvalue weighted by Gasteiger charge is 2.54. The zero-order chi connectivity index (χ0) is 21.8. The van der Waals surface area contributed by atoms with Crippen molar-refractivity contribution < 1.29 is 28.0 Å². The molecule has 2 rings (SSSR count). The van der Waals surface area contributed by atoms with Crippen molar-refractivity contribution in [2.75, 3.05) is 20.3 Å². The molecule has 170 valence electrons. The van der Waals surface area contributed by atoms with Gasteiger partial charge in [0.15, 0.2) is 11.6 Å². The van der Waals surface area contributed by atoms with Crippen molar-refractivity contribution in [3.63, 3.8) is 0 Å². The molecule has 1 aliphatic rings. The van der Waals surface area contributed by atoms with Gasteiger partial charge in [0.1, 0.15) is 6.04 Å². The van der Waals surface area contributed by atoms with Gasteiger partial charge >= 0.3 is 7.12 Å². The second kappa shape index (κ2) is 11.0. The topological polar surface area (TPSA) is 92.0 Å². The Morgan fingerprint density at radius 2 is 1.90 bits per heavy atom. The SMILES string of the molecule is COCC(N)C(=O)NC(CCOc1ccc(Cl)cc1F)B1OC(C)(C)C(C)(C)O1.Cl. The van der Waals surface area contributed by atoms with E-state index >= 15 is 0 Å². The van der Waals surface area contributed by atoms with Crippen LogP contribution in [0.25, 0.3) is 0 Å². The molecule has 1 amide bonds. The zero-order valence-corrected chi connectivity index (χ0v) is 19.4. The van der Waals surface area contributed by atoms with Crippen LogP contribution in [0.4, 0.5) is 4.39 Å². The summed E-state index contributed by atoms with van der Waals surface area (Å²) in [4.78, 5) is 12.4. The maximum Gasteiger partial charge on any atom is 0.481 e. The van der Waals surface area contributed by atoms with Gasteiger partial charge in [-0.2, -0.15) is 0 Å². The Bertz CT molecular complexity index is 710. The molecule has 7 nitrogen and oxygen atoms in total. The maximum atomic E-state index is 13.9. The standard InChI is InChI=1S/C19H29BClFN2O5.ClH/c1-18(2)19(3,4)29-20(28-18)16(24-17(25)14(23)11-26-5)8-9-27-15-7-6-12(21)10-13(15)22;/h6-7,10,14,16H,8-9,11,23H2,1-5H3,(H,24,25);1H. The highest BCUT2D eigenvalue weighted by atomic mass is 35.5. The first kappa shape index (κ1) is 26.9. The Labute approximate surface area is 188 Å². The van der Waals surface area contributed by atoms with Gasteiger partial charge in [-0.15, -0.1) is 12.4 Å². The van der Waals surface area contributed by atoms with Gasteiger partial charge in [0.05, 0.1) is 30.4 Å². The van der Waals surface area contributed by atoms with Crippen molar-refractivity contribution in [1.82, 2.24) is 5.32 Å². The molecule has 1 saturated heterocycles. The van der Waals surface area contributed by atoms with Gasteiger partial charge in [0.2, 0.25) is 5.91 Å². The van der Waals surface area contributed by atoms with Crippen LogP contribution in [0.3, 0.4) is 0 Å². The van der Waals surface area contributed by atoms with Crippen LogP contribution in [0.2, 0.25) is 5.02 Å². The van der Waals surface area contributed by atoms with Crippen molar-refractivity contribution in [3.8, 4) is 5.75 Å². The summed E-state index contributed by atoms with van der Waals surface area (Å²) in [5, 5.41) is 3.12. The minimum Gasteiger partial charge on any atom is -0.490 e. The molecule has 0 aliphatic carbocycles. The second-order valence-electron chi connectivity index (χ2n) is 8.01. The third-order valence-electron chi connectivity index (χ3n) is 5.19. The summed E-state index contributed by atoms with van der Waals surface area (Å²) in [6, 6.07) is 3.33. The van der Waals surface area contributed by atoms with Crippen molar-refractivity contribution in [2.24, 2.45) is 5.73 Å². The summed E-state index contributed by atoms with van der Waals surface area (Å²) in [5.41, 5.74) is 4.68. The summed E-state index contributed by atoms with van der Waals surface area (Å²) < 4.78 is 36.5. The zero-order valence-electron chi connectivity index (χ0n) is 17.9. The molecule has 0 spiro atoms. The number of halogens is 3. The van der Waals surface area contributed by atoms with Crippen LogP contribution in [0.5, 0.6) is 5.75 Å². The van der Waals surface area contributed by atoms with E-state index in [2.05, 4.69) is 5.32 Å². The van der Waals surface area contributed by atoms with Crippen molar-refractivity contribution in [1.29, 1.82) is 0 Å². The van der Waals surface area contributed by atoms with E-state index in [1.807, 2.05) is 27.7 Å². The molecule has 11 heteroatoms. The fourth-order valence-electron chi connectivity index (χ4n) is 2.76. The third-order valence-corrected chi connectivity index (χ3v) is 5.43. The Hall–Kier alpha value is -1.10. The monoisotopic (exact) mass is 466 g/mol. The predicted molar refractivity (Wildman–Crippen MR) is 117 cm³/mol. The van der Waals surface area contributed by atoms with E-state index in [9.17, 15) is 9.18 Å². The molecule has 0 radical (unpaired) electrons. The van der Waals surface area contributed by atoms with Crippen molar-refractivity contribution in [3.05, 3.63) is 29.0 Å². The molecule has 2 unspecified atom stereocenters. The fourth-order valence-corrected chi connectivity index (χ4v) is 2.92. The van der Waals surface area contributed by atoms with Crippen LogP contribution < -0.4 is 15.8 Å². The van der Waals surface area contributed by atoms with E-state index in [4.69, 9.17) is 36.1 Å². The Morgan fingerprint density at radius 3 is 2.43 bits per heavy atom. The molecule has 30 heavy (non-hydrogen) atoms. The first-order valence-corrected chi connectivity index (χ1v) is 9.83. The Kier molecular flexibility index (Phi) is 9.85. The van der Waals surface area contributed by atoms with Crippen LogP contribution in [0.15, 0.2) is 18.2 Å². The lowest BCUT2D eigenvalue weighted by Gasteiger charge is -2.32. The molecule has 1 aliphatic heterocycles. The number of hydrogen-bond acceptors (Lipinski definition) is 6. The molecule has 2 atom stereocenters. The van der Waals surface area contributed by atoms with Crippen LogP contribution >= 0.6 is 24.0 Å². The highest BCUT2D eigenvalue weighted by Crippen LogP contribution is 2.37. The number of carbonyl (C=O) groups excluding carboxylic acids is 1. The molecule has 1 aromatic rings. The molecule has 0 bridgehead atoms. The van der Waals surface area contributed by atoms with Gasteiger partial charge < -0.3 is 29.8 Å². The minimum atomic E-state index is -0.834. The van der Waals surface area contributed by atoms with E-state index in [1.165, 1.54) is 25.3 Å². The number of ether oxygens (including phenoxy) is 2. The maximum absolute atomic E-state index is 13.9. The molecule has 1 fully saturated rings. The number of amides is 1. The van der Waals surface area contributed by atoms with Gasteiger partial charge in [-0.05, 0) is 45.9 Å². The lowest BCUT2D eigenvalue weighted by Crippen LogP contribution is -2.54. The number of benzene rings is 1. The van der Waals surface area contributed by atoms with E-state index < -0.39 is 42.0 Å². The van der Waals surface area contributed by atoms with Gasteiger partial charge in [-0.1, -0.05) is 11.6 Å². The van der Waals surface area contributed by atoms with E-state index in [0.717, 1.165) is 0 Å². The summed E-state index contributed by atoms with van der Waals surface area (Å²) in [7, 11) is 0.755. The quantitative estimate of drug-likeness (QED) is 0.543. The van der Waals surface area contributed by atoms with E-state index in [0.29, 0.717) is 6.42 Å². The van der Waals surface area contributed by atoms with E-state index in [1.54, 1.807) is 0 Å². The predicted octanol–water partition coefficient (Wildman–Crippen LogP) is 2.76. The normalized spacial score (nSPS) is 19.0. The molecule has 0 saturated carbocycles. The molecule has 1 heterocycles. The molecule has 0 aromatic heterocycles. The number of carbonyl (C=O) groups is 1.